The Kier molecular flexibility index (Phi) is 9.24. The maximum Gasteiger partial charge on any atom is 0.405 e. The summed E-state index contributed by atoms with van der Waals surface area (Å²) in [5.41, 5.74) is 4.26. The number of nitrogens with two attached hydrogens (primary N) is 1. The molecule has 0 unspecified atom stereocenters. The summed E-state index contributed by atoms with van der Waals surface area (Å²) in [5.74, 6) is 0. The third-order valence-corrected chi connectivity index (χ3v) is 1.67. The number of halogens is 1. The zero-order valence-corrected chi connectivity index (χ0v) is 10.3. The molecule has 0 rings (SSSR count). The smallest absolute Gasteiger partial charge is 0.405 e. The molecule has 0 spiro atoms. The van der Waals surface area contributed by atoms with E-state index in [2.05, 4.69) is 34.3 Å². The largest absolute Gasteiger partial charge is 0.444 e. The fourth-order valence-corrected chi connectivity index (χ4v) is 0.302. The Morgan fingerprint density at radius 2 is 1.83 bits per heavy atom. The van der Waals surface area contributed by atoms with Crippen molar-refractivity contribution in [2.45, 2.75) is 39.7 Å². The Bertz CT molecular complexity index is 119. The van der Waals surface area contributed by atoms with Crippen molar-refractivity contribution in [3.05, 3.63) is 0 Å². The Morgan fingerprint density at radius 1 is 1.50 bits per heavy atom. The highest BCUT2D eigenvalue weighted by molar-refractivity contribution is 14.1. The summed E-state index contributed by atoms with van der Waals surface area (Å²) in [5, 5.41) is 0. The monoisotopic (exact) mass is 287 g/mol. The highest BCUT2D eigenvalue weighted by Crippen LogP contribution is 2.04. The molecule has 0 fully saturated rings. The van der Waals surface area contributed by atoms with Crippen molar-refractivity contribution in [3.8, 4) is 0 Å². The van der Waals surface area contributed by atoms with Gasteiger partial charge in [0.05, 0.1) is 0 Å². The van der Waals surface area contributed by atoms with Gasteiger partial charge in [0.2, 0.25) is 0 Å². The van der Waals surface area contributed by atoms with E-state index >= 15 is 0 Å². The number of primary amides is 1. The van der Waals surface area contributed by atoms with E-state index < -0.39 is 11.7 Å². The van der Waals surface area contributed by atoms with E-state index in [4.69, 9.17) is 5.73 Å². The zero-order chi connectivity index (χ0) is 10.2. The van der Waals surface area contributed by atoms with Gasteiger partial charge >= 0.3 is 6.09 Å². The third-order valence-electron chi connectivity index (χ3n) is 0.596. The lowest BCUT2D eigenvalue weighted by atomic mass is 10.2. The number of carbonyl (C=O) groups is 1. The van der Waals surface area contributed by atoms with Gasteiger partial charge in [0.15, 0.2) is 0 Å². The first-order valence-electron chi connectivity index (χ1n) is 3.88. The molecule has 74 valence electrons. The molecule has 4 heteroatoms. The second-order valence-electron chi connectivity index (χ2n) is 3.22. The van der Waals surface area contributed by atoms with Gasteiger partial charge in [-0.2, -0.15) is 0 Å². The summed E-state index contributed by atoms with van der Waals surface area (Å²) in [7, 11) is 0. The SMILES string of the molecule is CC(C)(C)OC(N)=O.CCCI. The van der Waals surface area contributed by atoms with Crippen LogP contribution >= 0.6 is 22.6 Å². The average Bonchev–Trinajstić information content (AvgIpc) is 1.83. The van der Waals surface area contributed by atoms with Crippen LogP contribution in [-0.2, 0) is 4.74 Å². The van der Waals surface area contributed by atoms with Crippen LogP contribution in [0.15, 0.2) is 0 Å². The number of alkyl halides is 1. The molecule has 0 aliphatic carbocycles. The number of amides is 1. The van der Waals surface area contributed by atoms with Gasteiger partial charge in [-0.05, 0) is 31.6 Å². The summed E-state index contributed by atoms with van der Waals surface area (Å²) in [6.45, 7) is 7.46. The van der Waals surface area contributed by atoms with E-state index in [9.17, 15) is 4.79 Å². The molecule has 0 saturated heterocycles. The molecule has 0 atom stereocenters. The first kappa shape index (κ1) is 14.5. The first-order chi connectivity index (χ1) is 5.33. The Morgan fingerprint density at radius 3 is 1.83 bits per heavy atom. The molecule has 0 saturated carbocycles. The predicted octanol–water partition coefficient (Wildman–Crippen LogP) is 2.71. The highest BCUT2D eigenvalue weighted by atomic mass is 127. The molecule has 0 bridgehead atoms. The molecular weight excluding hydrogens is 269 g/mol. The number of carbonyl (C=O) groups excluding carboxylic acids is 1. The minimum atomic E-state index is -0.725. The molecular formula is C8H18INO2. The maximum atomic E-state index is 10.0. The fraction of sp³-hybridized carbons (Fsp3) is 0.875. The summed E-state index contributed by atoms with van der Waals surface area (Å²) >= 11 is 2.35. The highest BCUT2D eigenvalue weighted by Gasteiger charge is 2.12. The summed E-state index contributed by atoms with van der Waals surface area (Å²) in [6, 6.07) is 0. The van der Waals surface area contributed by atoms with Crippen LogP contribution in [0.3, 0.4) is 0 Å². The molecule has 1 amide bonds. The average molecular weight is 287 g/mol. The third kappa shape index (κ3) is 22.5. The van der Waals surface area contributed by atoms with E-state index in [0.29, 0.717) is 0 Å². The fourth-order valence-electron chi connectivity index (χ4n) is 0.302. The predicted molar refractivity (Wildman–Crippen MR) is 59.6 cm³/mol. The Hall–Kier alpha value is 0. The van der Waals surface area contributed by atoms with Gasteiger partial charge in [-0.3, -0.25) is 0 Å². The van der Waals surface area contributed by atoms with Crippen molar-refractivity contribution in [3.63, 3.8) is 0 Å². The second kappa shape index (κ2) is 7.64. The Balaban J connectivity index is 0. The number of ether oxygens (including phenoxy) is 1. The summed E-state index contributed by atoms with van der Waals surface area (Å²) in [4.78, 5) is 10.0. The van der Waals surface area contributed by atoms with Gasteiger partial charge in [-0.1, -0.05) is 29.5 Å². The lowest BCUT2D eigenvalue weighted by Gasteiger charge is -2.16. The number of hydrogen-bond acceptors (Lipinski definition) is 2. The van der Waals surface area contributed by atoms with Gasteiger partial charge in [0.1, 0.15) is 5.60 Å². The van der Waals surface area contributed by atoms with Crippen LogP contribution in [0.5, 0.6) is 0 Å². The van der Waals surface area contributed by atoms with Crippen LogP contribution in [0, 0.1) is 0 Å². The minimum Gasteiger partial charge on any atom is -0.444 e. The van der Waals surface area contributed by atoms with E-state index in [1.807, 2.05) is 0 Å². The summed E-state index contributed by atoms with van der Waals surface area (Å²) < 4.78 is 5.87. The van der Waals surface area contributed by atoms with Crippen molar-refractivity contribution in [2.75, 3.05) is 4.43 Å². The molecule has 3 nitrogen and oxygen atoms in total. The molecule has 0 aromatic carbocycles. The van der Waals surface area contributed by atoms with E-state index in [-0.39, 0.29) is 0 Å². The van der Waals surface area contributed by atoms with Crippen molar-refractivity contribution >= 4 is 28.7 Å². The molecule has 0 radical (unpaired) electrons. The topological polar surface area (TPSA) is 52.3 Å². The van der Waals surface area contributed by atoms with Crippen LogP contribution in [0.4, 0.5) is 4.79 Å². The molecule has 0 aliphatic rings. The molecule has 0 aromatic heterocycles. The molecule has 0 heterocycles. The normalized spacial score (nSPS) is 9.75. The lowest BCUT2D eigenvalue weighted by molar-refractivity contribution is 0.0600. The van der Waals surface area contributed by atoms with Crippen LogP contribution in [0.1, 0.15) is 34.1 Å². The van der Waals surface area contributed by atoms with Gasteiger partial charge in [-0.15, -0.1) is 0 Å². The molecule has 12 heavy (non-hydrogen) atoms. The van der Waals surface area contributed by atoms with Crippen LogP contribution in [-0.4, -0.2) is 16.1 Å². The number of rotatable bonds is 1. The van der Waals surface area contributed by atoms with Crippen LogP contribution in [0.25, 0.3) is 0 Å². The van der Waals surface area contributed by atoms with Crippen molar-refractivity contribution in [1.29, 1.82) is 0 Å². The lowest BCUT2D eigenvalue weighted by Crippen LogP contribution is -2.27. The van der Waals surface area contributed by atoms with Crippen molar-refractivity contribution in [2.24, 2.45) is 5.73 Å². The second-order valence-corrected chi connectivity index (χ2v) is 4.30. The van der Waals surface area contributed by atoms with Crippen molar-refractivity contribution in [1.82, 2.24) is 0 Å². The van der Waals surface area contributed by atoms with E-state index in [0.717, 1.165) is 0 Å². The van der Waals surface area contributed by atoms with Gasteiger partial charge in [-0.25, -0.2) is 4.79 Å². The summed E-state index contributed by atoms with van der Waals surface area (Å²) in [6.07, 6.45) is 0.582. The quantitative estimate of drug-likeness (QED) is 0.595. The minimum absolute atomic E-state index is 0.453. The van der Waals surface area contributed by atoms with Crippen molar-refractivity contribution < 1.29 is 9.53 Å². The number of hydrogen-bond donors (Lipinski definition) is 1. The zero-order valence-electron chi connectivity index (χ0n) is 8.19. The Labute approximate surface area is 88.2 Å². The molecule has 2 N–H and O–H groups in total. The molecule has 0 aliphatic heterocycles. The van der Waals surface area contributed by atoms with E-state index in [1.165, 1.54) is 10.8 Å². The van der Waals surface area contributed by atoms with Gasteiger partial charge < -0.3 is 10.5 Å². The van der Waals surface area contributed by atoms with Crippen LogP contribution in [0.2, 0.25) is 0 Å². The van der Waals surface area contributed by atoms with Crippen LogP contribution < -0.4 is 5.73 Å². The first-order valence-corrected chi connectivity index (χ1v) is 5.40. The van der Waals surface area contributed by atoms with E-state index in [1.54, 1.807) is 20.8 Å². The van der Waals surface area contributed by atoms with Gasteiger partial charge in [0, 0.05) is 0 Å². The standard InChI is InChI=1S/C5H11NO2.C3H7I/c1-5(2,3)8-4(6)7;1-2-3-4/h1-3H3,(H2,6,7);2-3H2,1H3. The maximum absolute atomic E-state index is 10.0. The van der Waals surface area contributed by atoms with Gasteiger partial charge in [0.25, 0.3) is 0 Å². The molecule has 0 aromatic rings.